The number of pyridine rings is 2. The minimum Gasteiger partial charge on any atom is -0.368 e. The molecule has 0 radical (unpaired) electrons. The van der Waals surface area contributed by atoms with Crippen molar-refractivity contribution in [1.82, 2.24) is 9.97 Å². The van der Waals surface area contributed by atoms with Crippen LogP contribution in [0.1, 0.15) is 19.5 Å². The Morgan fingerprint density at radius 2 is 1.95 bits per heavy atom. The summed E-state index contributed by atoms with van der Waals surface area (Å²) in [6.07, 6.45) is 3.31. The van der Waals surface area contributed by atoms with E-state index in [9.17, 15) is 4.79 Å². The predicted molar refractivity (Wildman–Crippen MR) is 82.9 cm³/mol. The number of nitrogens with two attached hydrogens (primary N) is 1. The molecule has 21 heavy (non-hydrogen) atoms. The van der Waals surface area contributed by atoms with E-state index < -0.39 is 11.9 Å². The zero-order valence-corrected chi connectivity index (χ0v) is 12.1. The molecule has 2 aromatic rings. The molecule has 1 amide bonds. The third-order valence-corrected chi connectivity index (χ3v) is 2.99. The molecule has 2 aromatic heterocycles. The van der Waals surface area contributed by atoms with E-state index in [1.54, 1.807) is 12.4 Å². The highest BCUT2D eigenvalue weighted by molar-refractivity contribution is 5.85. The highest BCUT2D eigenvalue weighted by Crippen LogP contribution is 2.13. The van der Waals surface area contributed by atoms with E-state index in [1.165, 1.54) is 0 Å². The van der Waals surface area contributed by atoms with Crippen LogP contribution in [0.4, 0.5) is 0 Å². The van der Waals surface area contributed by atoms with Gasteiger partial charge in [0.15, 0.2) is 0 Å². The molecule has 0 saturated carbocycles. The summed E-state index contributed by atoms with van der Waals surface area (Å²) >= 11 is 0. The molecule has 0 aliphatic carbocycles. The normalized spacial score (nSPS) is 12.7. The highest BCUT2D eigenvalue weighted by atomic mass is 16.1. The first-order valence-corrected chi connectivity index (χ1v) is 6.79. The van der Waals surface area contributed by atoms with Gasteiger partial charge in [-0.3, -0.25) is 14.8 Å². The fraction of sp³-hybridized carbons (Fsp3) is 0.250. The van der Waals surface area contributed by atoms with Crippen LogP contribution in [0.3, 0.4) is 0 Å². The summed E-state index contributed by atoms with van der Waals surface area (Å²) in [5.74, 6) is -0.375. The van der Waals surface area contributed by atoms with Gasteiger partial charge in [-0.05, 0) is 30.2 Å². The average molecular weight is 282 g/mol. The first-order valence-electron chi connectivity index (χ1n) is 6.79. The van der Waals surface area contributed by atoms with Gasteiger partial charge in [-0.1, -0.05) is 26.0 Å². The van der Waals surface area contributed by atoms with Crippen molar-refractivity contribution in [3.8, 4) is 11.4 Å². The summed E-state index contributed by atoms with van der Waals surface area (Å²) in [4.78, 5) is 24.3. The van der Waals surface area contributed by atoms with Crippen LogP contribution in [-0.4, -0.2) is 28.1 Å². The third kappa shape index (κ3) is 3.95. The number of amides is 1. The third-order valence-electron chi connectivity index (χ3n) is 2.99. The average Bonchev–Trinajstić information content (AvgIpc) is 2.48. The molecule has 2 N–H and O–H groups in total. The van der Waals surface area contributed by atoms with Crippen LogP contribution < -0.4 is 5.73 Å². The molecule has 0 unspecified atom stereocenters. The minimum atomic E-state index is -0.537. The molecular weight excluding hydrogens is 264 g/mol. The van der Waals surface area contributed by atoms with Gasteiger partial charge in [0.05, 0.1) is 17.1 Å². The largest absolute Gasteiger partial charge is 0.368 e. The van der Waals surface area contributed by atoms with Crippen LogP contribution in [0, 0.1) is 5.92 Å². The topological polar surface area (TPSA) is 81.2 Å². The molecule has 1 atom stereocenters. The number of carbonyl (C=O) groups is 1. The summed E-state index contributed by atoms with van der Waals surface area (Å²) in [5.41, 5.74) is 7.57. The maximum atomic E-state index is 11.3. The second kappa shape index (κ2) is 6.74. The SMILES string of the molecule is CC(C)[C@H](N=Cc1cccc(-c2ccccn2)n1)C(N)=O. The smallest absolute Gasteiger partial charge is 0.242 e. The zero-order valence-electron chi connectivity index (χ0n) is 12.1. The van der Waals surface area contributed by atoms with Gasteiger partial charge in [0.1, 0.15) is 6.04 Å². The molecule has 0 spiro atoms. The summed E-state index contributed by atoms with van der Waals surface area (Å²) in [5, 5.41) is 0. The van der Waals surface area contributed by atoms with Gasteiger partial charge in [-0.25, -0.2) is 4.98 Å². The van der Waals surface area contributed by atoms with Crippen molar-refractivity contribution in [2.45, 2.75) is 19.9 Å². The lowest BCUT2D eigenvalue weighted by Crippen LogP contribution is -2.31. The quantitative estimate of drug-likeness (QED) is 0.852. The maximum Gasteiger partial charge on any atom is 0.242 e. The number of aliphatic imine (C=N–C) groups is 1. The standard InChI is InChI=1S/C16H18N4O/c1-11(2)15(16(17)21)19-10-12-6-5-8-14(20-12)13-7-3-4-9-18-13/h3-11,15H,1-2H3,(H2,17,21)/t15-/m0/s1. The maximum absolute atomic E-state index is 11.3. The van der Waals surface area contributed by atoms with Crippen molar-refractivity contribution in [3.63, 3.8) is 0 Å². The lowest BCUT2D eigenvalue weighted by Gasteiger charge is -2.11. The molecule has 0 aromatic carbocycles. The van der Waals surface area contributed by atoms with E-state index in [1.807, 2.05) is 50.2 Å². The Labute approximate surface area is 124 Å². The molecule has 0 aliphatic heterocycles. The second-order valence-electron chi connectivity index (χ2n) is 5.03. The number of rotatable bonds is 5. The van der Waals surface area contributed by atoms with Crippen molar-refractivity contribution in [3.05, 3.63) is 48.3 Å². The predicted octanol–water partition coefficient (Wildman–Crippen LogP) is 2.07. The van der Waals surface area contributed by atoms with E-state index in [2.05, 4.69) is 15.0 Å². The van der Waals surface area contributed by atoms with Crippen LogP contribution in [0.5, 0.6) is 0 Å². The number of hydrogen-bond acceptors (Lipinski definition) is 4. The lowest BCUT2D eigenvalue weighted by atomic mass is 10.1. The molecule has 0 fully saturated rings. The van der Waals surface area contributed by atoms with Crippen LogP contribution in [0.15, 0.2) is 47.6 Å². The van der Waals surface area contributed by atoms with Gasteiger partial charge in [-0.2, -0.15) is 0 Å². The summed E-state index contributed by atoms with van der Waals surface area (Å²) in [6, 6.07) is 10.7. The van der Waals surface area contributed by atoms with Gasteiger partial charge in [0, 0.05) is 12.4 Å². The highest BCUT2D eigenvalue weighted by Gasteiger charge is 2.17. The van der Waals surface area contributed by atoms with E-state index in [0.29, 0.717) is 5.69 Å². The van der Waals surface area contributed by atoms with Crippen molar-refractivity contribution < 1.29 is 4.79 Å². The molecule has 5 nitrogen and oxygen atoms in total. The van der Waals surface area contributed by atoms with Crippen LogP contribution in [0.25, 0.3) is 11.4 Å². The Morgan fingerprint density at radius 1 is 1.19 bits per heavy atom. The molecule has 108 valence electrons. The van der Waals surface area contributed by atoms with Gasteiger partial charge in [0.25, 0.3) is 0 Å². The minimum absolute atomic E-state index is 0.0534. The zero-order chi connectivity index (χ0) is 15.2. The first-order chi connectivity index (χ1) is 10.1. The fourth-order valence-corrected chi connectivity index (χ4v) is 1.91. The van der Waals surface area contributed by atoms with Gasteiger partial charge in [-0.15, -0.1) is 0 Å². The first kappa shape index (κ1) is 14.8. The van der Waals surface area contributed by atoms with E-state index in [-0.39, 0.29) is 5.92 Å². The van der Waals surface area contributed by atoms with Crippen LogP contribution in [0.2, 0.25) is 0 Å². The molecule has 5 heteroatoms. The molecule has 0 aliphatic rings. The van der Waals surface area contributed by atoms with Gasteiger partial charge >= 0.3 is 0 Å². The Balaban J connectivity index is 2.24. The number of aromatic nitrogens is 2. The Kier molecular flexibility index (Phi) is 4.77. The summed E-state index contributed by atoms with van der Waals surface area (Å²) in [6.45, 7) is 3.81. The summed E-state index contributed by atoms with van der Waals surface area (Å²) < 4.78 is 0. The van der Waals surface area contributed by atoms with Crippen LogP contribution in [-0.2, 0) is 4.79 Å². The van der Waals surface area contributed by atoms with Crippen molar-refractivity contribution >= 4 is 12.1 Å². The van der Waals surface area contributed by atoms with Gasteiger partial charge in [0.2, 0.25) is 5.91 Å². The number of hydrogen-bond donors (Lipinski definition) is 1. The number of carbonyl (C=O) groups excluding carboxylic acids is 1. The van der Waals surface area contributed by atoms with Crippen molar-refractivity contribution in [2.24, 2.45) is 16.6 Å². The van der Waals surface area contributed by atoms with E-state index >= 15 is 0 Å². The second-order valence-corrected chi connectivity index (χ2v) is 5.03. The summed E-state index contributed by atoms with van der Waals surface area (Å²) in [7, 11) is 0. The van der Waals surface area contributed by atoms with E-state index in [0.717, 1.165) is 11.4 Å². The Hall–Kier alpha value is -2.56. The fourth-order valence-electron chi connectivity index (χ4n) is 1.91. The monoisotopic (exact) mass is 282 g/mol. The van der Waals surface area contributed by atoms with Crippen LogP contribution >= 0.6 is 0 Å². The Morgan fingerprint density at radius 3 is 2.57 bits per heavy atom. The number of nitrogens with zero attached hydrogens (tertiary/aromatic N) is 3. The number of primary amides is 1. The van der Waals surface area contributed by atoms with Crippen molar-refractivity contribution in [2.75, 3.05) is 0 Å². The Bertz CT molecular complexity index is 638. The molecular formula is C16H18N4O. The molecule has 2 rings (SSSR count). The van der Waals surface area contributed by atoms with Crippen molar-refractivity contribution in [1.29, 1.82) is 0 Å². The molecule has 2 heterocycles. The molecule has 0 saturated heterocycles. The van der Waals surface area contributed by atoms with Gasteiger partial charge < -0.3 is 5.73 Å². The van der Waals surface area contributed by atoms with E-state index in [4.69, 9.17) is 5.73 Å². The molecule has 0 bridgehead atoms. The lowest BCUT2D eigenvalue weighted by molar-refractivity contribution is -0.119.